The first-order valence-electron chi connectivity index (χ1n) is 5.40. The summed E-state index contributed by atoms with van der Waals surface area (Å²) >= 11 is 0. The molecule has 1 aromatic rings. The Labute approximate surface area is 101 Å². The lowest BCUT2D eigenvalue weighted by Gasteiger charge is -2.12. The molecule has 0 bridgehead atoms. The smallest absolute Gasteiger partial charge is 0.313 e. The van der Waals surface area contributed by atoms with E-state index in [1.54, 1.807) is 0 Å². The fourth-order valence-electron chi connectivity index (χ4n) is 1.31. The molecule has 0 unspecified atom stereocenters. The van der Waals surface area contributed by atoms with Crippen molar-refractivity contribution in [3.8, 4) is 0 Å². The van der Waals surface area contributed by atoms with Crippen molar-refractivity contribution in [2.75, 3.05) is 19.0 Å². The molecule has 17 heavy (non-hydrogen) atoms. The monoisotopic (exact) mass is 235 g/mol. The SMILES string of the molecule is CC(=O)CC(=O)OCc1ccc(N(C)C)cc1. The first-order valence-corrected chi connectivity index (χ1v) is 5.40. The highest BCUT2D eigenvalue weighted by atomic mass is 16.5. The molecule has 0 fully saturated rings. The van der Waals surface area contributed by atoms with Crippen molar-refractivity contribution in [2.24, 2.45) is 0 Å². The van der Waals surface area contributed by atoms with E-state index in [2.05, 4.69) is 0 Å². The van der Waals surface area contributed by atoms with E-state index in [4.69, 9.17) is 4.74 Å². The minimum atomic E-state index is -0.478. The lowest BCUT2D eigenvalue weighted by Crippen LogP contribution is -2.10. The van der Waals surface area contributed by atoms with E-state index in [1.165, 1.54) is 6.92 Å². The number of ether oxygens (including phenoxy) is 1. The quantitative estimate of drug-likeness (QED) is 0.576. The van der Waals surface area contributed by atoms with Crippen LogP contribution in [0.4, 0.5) is 5.69 Å². The maximum Gasteiger partial charge on any atom is 0.313 e. The van der Waals surface area contributed by atoms with Crippen LogP contribution in [0.3, 0.4) is 0 Å². The van der Waals surface area contributed by atoms with Crippen molar-refractivity contribution in [2.45, 2.75) is 20.0 Å². The standard InChI is InChI=1S/C13H17NO3/c1-10(15)8-13(16)17-9-11-4-6-12(7-5-11)14(2)3/h4-7H,8-9H2,1-3H3. The number of carbonyl (C=O) groups is 2. The molecule has 0 atom stereocenters. The molecule has 0 aromatic heterocycles. The summed E-state index contributed by atoms with van der Waals surface area (Å²) in [5.41, 5.74) is 2.00. The predicted molar refractivity (Wildman–Crippen MR) is 65.9 cm³/mol. The van der Waals surface area contributed by atoms with Gasteiger partial charge in [0.1, 0.15) is 18.8 Å². The number of carbonyl (C=O) groups excluding carboxylic acids is 2. The Morgan fingerprint density at radius 2 is 1.76 bits per heavy atom. The van der Waals surface area contributed by atoms with Crippen LogP contribution in [-0.4, -0.2) is 25.8 Å². The van der Waals surface area contributed by atoms with Crippen LogP contribution in [0.25, 0.3) is 0 Å². The highest BCUT2D eigenvalue weighted by Crippen LogP contribution is 2.12. The van der Waals surface area contributed by atoms with Gasteiger partial charge >= 0.3 is 5.97 Å². The maximum absolute atomic E-state index is 11.2. The number of nitrogens with zero attached hydrogens (tertiary/aromatic N) is 1. The van der Waals surface area contributed by atoms with Crippen LogP contribution in [0, 0.1) is 0 Å². The fraction of sp³-hybridized carbons (Fsp3) is 0.385. The molecule has 0 N–H and O–H groups in total. The molecule has 0 radical (unpaired) electrons. The van der Waals surface area contributed by atoms with Gasteiger partial charge in [0.05, 0.1) is 0 Å². The molecule has 4 heteroatoms. The van der Waals surface area contributed by atoms with Crippen LogP contribution in [-0.2, 0) is 20.9 Å². The van der Waals surface area contributed by atoms with Gasteiger partial charge in [0.2, 0.25) is 0 Å². The summed E-state index contributed by atoms with van der Waals surface area (Å²) in [5.74, 6) is -0.660. The van der Waals surface area contributed by atoms with Gasteiger partial charge in [-0.1, -0.05) is 12.1 Å². The number of rotatable bonds is 5. The van der Waals surface area contributed by atoms with Crippen molar-refractivity contribution in [1.82, 2.24) is 0 Å². The summed E-state index contributed by atoms with van der Waals surface area (Å²) in [7, 11) is 3.92. The van der Waals surface area contributed by atoms with Gasteiger partial charge in [-0.25, -0.2) is 0 Å². The van der Waals surface area contributed by atoms with Crippen molar-refractivity contribution in [3.05, 3.63) is 29.8 Å². The summed E-state index contributed by atoms with van der Waals surface area (Å²) in [5, 5.41) is 0. The molecule has 1 rings (SSSR count). The van der Waals surface area contributed by atoms with Gasteiger partial charge in [0.15, 0.2) is 0 Å². The van der Waals surface area contributed by atoms with Crippen LogP contribution in [0.1, 0.15) is 18.9 Å². The molecule has 4 nitrogen and oxygen atoms in total. The van der Waals surface area contributed by atoms with Crippen molar-refractivity contribution in [3.63, 3.8) is 0 Å². The molecule has 0 aliphatic heterocycles. The zero-order valence-corrected chi connectivity index (χ0v) is 10.4. The normalized spacial score (nSPS) is 9.82. The Morgan fingerprint density at radius 3 is 2.24 bits per heavy atom. The number of benzene rings is 1. The van der Waals surface area contributed by atoms with Crippen molar-refractivity contribution < 1.29 is 14.3 Å². The van der Waals surface area contributed by atoms with Gasteiger partial charge in [0, 0.05) is 19.8 Å². The topological polar surface area (TPSA) is 46.6 Å². The zero-order valence-electron chi connectivity index (χ0n) is 10.4. The first kappa shape index (κ1) is 13.2. The van der Waals surface area contributed by atoms with E-state index in [-0.39, 0.29) is 18.8 Å². The van der Waals surface area contributed by atoms with E-state index in [0.29, 0.717) is 0 Å². The molecule has 0 spiro atoms. The predicted octanol–water partition coefficient (Wildman–Crippen LogP) is 1.77. The van der Waals surface area contributed by atoms with Crippen LogP contribution >= 0.6 is 0 Å². The molecular formula is C13H17NO3. The third-order valence-corrected chi connectivity index (χ3v) is 2.25. The lowest BCUT2D eigenvalue weighted by molar-refractivity contribution is -0.146. The summed E-state index contributed by atoms with van der Waals surface area (Å²) in [6.07, 6.45) is -0.157. The Balaban J connectivity index is 2.47. The van der Waals surface area contributed by atoms with Gasteiger partial charge in [-0.2, -0.15) is 0 Å². The highest BCUT2D eigenvalue weighted by Gasteiger charge is 2.06. The average molecular weight is 235 g/mol. The number of ketones is 1. The molecule has 0 aliphatic rings. The molecule has 0 heterocycles. The number of anilines is 1. The van der Waals surface area contributed by atoms with Gasteiger partial charge in [0.25, 0.3) is 0 Å². The molecule has 0 saturated carbocycles. The summed E-state index contributed by atoms with van der Waals surface area (Å²) in [4.78, 5) is 23.8. The third kappa shape index (κ3) is 4.68. The fourth-order valence-corrected chi connectivity index (χ4v) is 1.31. The summed E-state index contributed by atoms with van der Waals surface area (Å²) in [6, 6.07) is 7.70. The molecule has 1 aromatic carbocycles. The minimum Gasteiger partial charge on any atom is -0.460 e. The number of hydrogen-bond acceptors (Lipinski definition) is 4. The van der Waals surface area contributed by atoms with Gasteiger partial charge in [-0.05, 0) is 24.6 Å². The maximum atomic E-state index is 11.2. The largest absolute Gasteiger partial charge is 0.460 e. The van der Waals surface area contributed by atoms with E-state index in [0.717, 1.165) is 11.3 Å². The second-order valence-electron chi connectivity index (χ2n) is 4.10. The van der Waals surface area contributed by atoms with Gasteiger partial charge in [-0.15, -0.1) is 0 Å². The number of hydrogen-bond donors (Lipinski definition) is 0. The Hall–Kier alpha value is -1.84. The van der Waals surface area contributed by atoms with Crippen LogP contribution < -0.4 is 4.90 Å². The van der Waals surface area contributed by atoms with Crippen LogP contribution in [0.5, 0.6) is 0 Å². The lowest BCUT2D eigenvalue weighted by atomic mass is 10.2. The van der Waals surface area contributed by atoms with E-state index >= 15 is 0 Å². The summed E-state index contributed by atoms with van der Waals surface area (Å²) < 4.78 is 4.97. The molecule has 0 aliphatic carbocycles. The molecule has 92 valence electrons. The third-order valence-electron chi connectivity index (χ3n) is 2.25. The van der Waals surface area contributed by atoms with Crippen molar-refractivity contribution in [1.29, 1.82) is 0 Å². The second kappa shape index (κ2) is 6.03. The van der Waals surface area contributed by atoms with Crippen molar-refractivity contribution >= 4 is 17.4 Å². The van der Waals surface area contributed by atoms with Gasteiger partial charge < -0.3 is 9.64 Å². The van der Waals surface area contributed by atoms with E-state index in [1.807, 2.05) is 43.3 Å². The Bertz CT molecular complexity index is 396. The molecule has 0 saturated heterocycles. The Kier molecular flexibility index (Phi) is 4.69. The number of esters is 1. The van der Waals surface area contributed by atoms with Gasteiger partial charge in [-0.3, -0.25) is 9.59 Å². The zero-order chi connectivity index (χ0) is 12.8. The molecular weight excluding hydrogens is 218 g/mol. The highest BCUT2D eigenvalue weighted by molar-refractivity contribution is 5.94. The minimum absolute atomic E-state index is 0.157. The average Bonchev–Trinajstić information content (AvgIpc) is 2.26. The van der Waals surface area contributed by atoms with Crippen LogP contribution in [0.2, 0.25) is 0 Å². The van der Waals surface area contributed by atoms with E-state index < -0.39 is 5.97 Å². The van der Waals surface area contributed by atoms with Crippen LogP contribution in [0.15, 0.2) is 24.3 Å². The molecule has 0 amide bonds. The summed E-state index contributed by atoms with van der Waals surface area (Å²) in [6.45, 7) is 1.58. The first-order chi connectivity index (χ1) is 7.99. The number of Topliss-reactive ketones (excluding diaryl/α,β-unsaturated/α-hetero) is 1. The Morgan fingerprint density at radius 1 is 1.18 bits per heavy atom. The van der Waals surface area contributed by atoms with E-state index in [9.17, 15) is 9.59 Å². The second-order valence-corrected chi connectivity index (χ2v) is 4.10.